The Hall–Kier alpha value is -4.86. The molecule has 184 valence electrons. The summed E-state index contributed by atoms with van der Waals surface area (Å²) in [6.07, 6.45) is 0. The third kappa shape index (κ3) is 3.48. The van der Waals surface area contributed by atoms with Crippen LogP contribution in [0.5, 0.6) is 0 Å². The standard InChI is InChI=1S/C36H23NOS/c1-3-12-24(13-4-1)26-22-23-30(36-34(26)27-16-7-9-19-31(27)38-36)37(25-14-5-2-6-15-25)29-18-11-21-33-35(29)28-17-8-10-20-32(28)39-33/h1-23H. The molecule has 0 bridgehead atoms. The van der Waals surface area contributed by atoms with E-state index < -0.39 is 0 Å². The molecule has 0 fully saturated rings. The smallest absolute Gasteiger partial charge is 0.160 e. The summed E-state index contributed by atoms with van der Waals surface area (Å²) in [6.45, 7) is 0. The van der Waals surface area contributed by atoms with Crippen LogP contribution in [-0.2, 0) is 0 Å². The predicted octanol–water partition coefficient (Wildman–Crippen LogP) is 11.1. The van der Waals surface area contributed by atoms with Crippen molar-refractivity contribution in [2.24, 2.45) is 0 Å². The van der Waals surface area contributed by atoms with E-state index in [4.69, 9.17) is 4.42 Å². The fraction of sp³-hybridized carbons (Fsp3) is 0. The van der Waals surface area contributed by atoms with Crippen molar-refractivity contribution in [3.63, 3.8) is 0 Å². The second-order valence-electron chi connectivity index (χ2n) is 9.72. The molecule has 0 aliphatic carbocycles. The van der Waals surface area contributed by atoms with Crippen LogP contribution >= 0.6 is 11.3 Å². The maximum Gasteiger partial charge on any atom is 0.160 e. The first-order chi connectivity index (χ1) is 19.4. The number of hydrogen-bond acceptors (Lipinski definition) is 3. The summed E-state index contributed by atoms with van der Waals surface area (Å²) in [5.74, 6) is 0. The number of thiophene rings is 1. The maximum absolute atomic E-state index is 6.71. The van der Waals surface area contributed by atoms with Gasteiger partial charge in [0.25, 0.3) is 0 Å². The number of fused-ring (bicyclic) bond motifs is 6. The molecule has 0 N–H and O–H groups in total. The Morgan fingerprint density at radius 3 is 2.03 bits per heavy atom. The molecular formula is C36H23NOS. The van der Waals surface area contributed by atoms with E-state index in [-0.39, 0.29) is 0 Å². The average Bonchev–Trinajstić information content (AvgIpc) is 3.58. The van der Waals surface area contributed by atoms with Crippen LogP contribution in [0.2, 0.25) is 0 Å². The highest BCUT2D eigenvalue weighted by atomic mass is 32.1. The summed E-state index contributed by atoms with van der Waals surface area (Å²) in [6, 6.07) is 49.3. The number of para-hydroxylation sites is 2. The number of nitrogens with zero attached hydrogens (tertiary/aromatic N) is 1. The van der Waals surface area contributed by atoms with Crippen LogP contribution in [0.1, 0.15) is 0 Å². The van der Waals surface area contributed by atoms with Gasteiger partial charge in [-0.2, -0.15) is 0 Å². The van der Waals surface area contributed by atoms with Crippen molar-refractivity contribution in [3.8, 4) is 11.1 Å². The molecule has 0 atom stereocenters. The molecule has 0 saturated carbocycles. The molecule has 0 radical (unpaired) electrons. The number of benzene rings is 6. The molecule has 0 aliphatic heterocycles. The molecule has 6 aromatic carbocycles. The van der Waals surface area contributed by atoms with Crippen LogP contribution in [0.3, 0.4) is 0 Å². The van der Waals surface area contributed by atoms with Crippen LogP contribution < -0.4 is 4.90 Å². The summed E-state index contributed by atoms with van der Waals surface area (Å²) >= 11 is 1.84. The predicted molar refractivity (Wildman–Crippen MR) is 167 cm³/mol. The van der Waals surface area contributed by atoms with E-state index in [0.29, 0.717) is 0 Å². The Kier molecular flexibility index (Phi) is 5.04. The summed E-state index contributed by atoms with van der Waals surface area (Å²) in [5.41, 5.74) is 7.39. The minimum absolute atomic E-state index is 0.887. The normalized spacial score (nSPS) is 11.6. The first kappa shape index (κ1) is 22.2. The molecule has 0 aliphatic rings. The van der Waals surface area contributed by atoms with E-state index in [2.05, 4.69) is 138 Å². The van der Waals surface area contributed by atoms with Gasteiger partial charge in [-0.25, -0.2) is 0 Å². The highest BCUT2D eigenvalue weighted by Gasteiger charge is 2.24. The molecule has 39 heavy (non-hydrogen) atoms. The van der Waals surface area contributed by atoms with Gasteiger partial charge in [0.15, 0.2) is 5.58 Å². The minimum Gasteiger partial charge on any atom is -0.454 e. The molecule has 8 rings (SSSR count). The monoisotopic (exact) mass is 517 g/mol. The summed E-state index contributed by atoms with van der Waals surface area (Å²) in [4.78, 5) is 2.36. The van der Waals surface area contributed by atoms with Crippen molar-refractivity contribution in [1.82, 2.24) is 0 Å². The maximum atomic E-state index is 6.71. The lowest BCUT2D eigenvalue weighted by atomic mass is 9.98. The van der Waals surface area contributed by atoms with Gasteiger partial charge in [0, 0.05) is 36.6 Å². The van der Waals surface area contributed by atoms with E-state index in [1.54, 1.807) is 0 Å². The molecule has 0 spiro atoms. The number of furan rings is 1. The molecule has 2 aromatic heterocycles. The Labute approximate surface area is 230 Å². The molecule has 8 aromatic rings. The van der Waals surface area contributed by atoms with E-state index in [1.165, 1.54) is 31.3 Å². The second kappa shape index (κ2) is 8.87. The van der Waals surface area contributed by atoms with Crippen LogP contribution in [0.25, 0.3) is 53.2 Å². The van der Waals surface area contributed by atoms with Crippen molar-refractivity contribution >= 4 is 70.5 Å². The van der Waals surface area contributed by atoms with Gasteiger partial charge >= 0.3 is 0 Å². The average molecular weight is 518 g/mol. The van der Waals surface area contributed by atoms with E-state index in [9.17, 15) is 0 Å². The van der Waals surface area contributed by atoms with Gasteiger partial charge in [-0.05, 0) is 53.6 Å². The van der Waals surface area contributed by atoms with Gasteiger partial charge in [-0.3, -0.25) is 0 Å². The molecule has 3 heteroatoms. The zero-order valence-corrected chi connectivity index (χ0v) is 21.9. The third-order valence-electron chi connectivity index (χ3n) is 7.47. The zero-order chi connectivity index (χ0) is 25.8. The van der Waals surface area contributed by atoms with Gasteiger partial charge in [0.05, 0.1) is 11.4 Å². The summed E-state index contributed by atoms with van der Waals surface area (Å²) in [7, 11) is 0. The number of anilines is 3. The van der Waals surface area contributed by atoms with Gasteiger partial charge in [-0.15, -0.1) is 11.3 Å². The van der Waals surface area contributed by atoms with Crippen molar-refractivity contribution < 1.29 is 4.42 Å². The Morgan fingerprint density at radius 2 is 1.18 bits per heavy atom. The lowest BCUT2D eigenvalue weighted by Crippen LogP contribution is -2.10. The molecule has 0 saturated heterocycles. The van der Waals surface area contributed by atoms with E-state index in [1.807, 2.05) is 17.4 Å². The highest BCUT2D eigenvalue weighted by Crippen LogP contribution is 2.49. The van der Waals surface area contributed by atoms with Crippen molar-refractivity contribution in [2.75, 3.05) is 4.90 Å². The number of hydrogen-bond donors (Lipinski definition) is 0. The SMILES string of the molecule is c1ccc(-c2ccc(N(c3ccccc3)c3cccc4sc5ccccc5c34)c3oc4ccccc4c23)cc1. The molecule has 0 amide bonds. The first-order valence-corrected chi connectivity index (χ1v) is 13.9. The summed E-state index contributed by atoms with van der Waals surface area (Å²) < 4.78 is 9.28. The fourth-order valence-electron chi connectivity index (χ4n) is 5.78. The molecule has 0 unspecified atom stereocenters. The molecule has 2 nitrogen and oxygen atoms in total. The zero-order valence-electron chi connectivity index (χ0n) is 21.0. The van der Waals surface area contributed by atoms with Crippen LogP contribution in [0.15, 0.2) is 144 Å². The first-order valence-electron chi connectivity index (χ1n) is 13.1. The second-order valence-corrected chi connectivity index (χ2v) is 10.8. The van der Waals surface area contributed by atoms with Crippen molar-refractivity contribution in [3.05, 3.63) is 140 Å². The van der Waals surface area contributed by atoms with E-state index in [0.717, 1.165) is 39.0 Å². The van der Waals surface area contributed by atoms with Crippen molar-refractivity contribution in [2.45, 2.75) is 0 Å². The van der Waals surface area contributed by atoms with Crippen LogP contribution in [-0.4, -0.2) is 0 Å². The Balaban J connectivity index is 1.49. The van der Waals surface area contributed by atoms with Gasteiger partial charge in [0.1, 0.15) is 5.58 Å². The highest BCUT2D eigenvalue weighted by molar-refractivity contribution is 7.26. The Bertz CT molecular complexity index is 2120. The van der Waals surface area contributed by atoms with Crippen LogP contribution in [0, 0.1) is 0 Å². The molecule has 2 heterocycles. The minimum atomic E-state index is 0.887. The van der Waals surface area contributed by atoms with Crippen molar-refractivity contribution in [1.29, 1.82) is 0 Å². The topological polar surface area (TPSA) is 16.4 Å². The number of rotatable bonds is 4. The van der Waals surface area contributed by atoms with Gasteiger partial charge < -0.3 is 9.32 Å². The van der Waals surface area contributed by atoms with Gasteiger partial charge in [-0.1, -0.05) is 97.1 Å². The lowest BCUT2D eigenvalue weighted by Gasteiger charge is -2.27. The lowest BCUT2D eigenvalue weighted by molar-refractivity contribution is 0.669. The Morgan fingerprint density at radius 1 is 0.487 bits per heavy atom. The fourth-order valence-corrected chi connectivity index (χ4v) is 6.90. The van der Waals surface area contributed by atoms with E-state index >= 15 is 0 Å². The summed E-state index contributed by atoms with van der Waals surface area (Å²) in [5, 5.41) is 4.80. The molecular weight excluding hydrogens is 494 g/mol. The largest absolute Gasteiger partial charge is 0.454 e. The van der Waals surface area contributed by atoms with Crippen LogP contribution in [0.4, 0.5) is 17.1 Å². The third-order valence-corrected chi connectivity index (χ3v) is 8.60. The quantitative estimate of drug-likeness (QED) is 0.231. The van der Waals surface area contributed by atoms with Gasteiger partial charge in [0.2, 0.25) is 0 Å².